The Bertz CT molecular complexity index is 482. The number of aromatic nitrogens is 1. The van der Waals surface area contributed by atoms with Crippen molar-refractivity contribution in [3.05, 3.63) is 30.0 Å². The minimum Gasteiger partial charge on any atom is -0.481 e. The molecule has 0 aliphatic heterocycles. The minimum absolute atomic E-state index is 0.00527. The molecule has 0 fully saturated rings. The number of rotatable bonds is 4. The first-order valence-electron chi connectivity index (χ1n) is 6.61. The number of esters is 1. The highest BCUT2D eigenvalue weighted by Gasteiger charge is 2.23. The quantitative estimate of drug-likeness (QED) is 0.782. The van der Waals surface area contributed by atoms with Crippen LogP contribution in [0, 0.1) is 5.92 Å². The van der Waals surface area contributed by atoms with Crippen LogP contribution in [0.25, 0.3) is 5.57 Å². The molecule has 4 nitrogen and oxygen atoms in total. The van der Waals surface area contributed by atoms with Crippen LogP contribution in [-0.4, -0.2) is 24.7 Å². The second-order valence-corrected chi connectivity index (χ2v) is 4.52. The molecule has 0 radical (unpaired) electrons. The van der Waals surface area contributed by atoms with Crippen molar-refractivity contribution in [3.8, 4) is 5.88 Å². The Morgan fingerprint density at radius 3 is 2.95 bits per heavy atom. The minimum atomic E-state index is -0.0867. The van der Waals surface area contributed by atoms with Gasteiger partial charge in [0.1, 0.15) is 0 Å². The average Bonchev–Trinajstić information content (AvgIpc) is 2.48. The first-order chi connectivity index (χ1) is 9.24. The zero-order chi connectivity index (χ0) is 13.7. The number of pyridine rings is 1. The summed E-state index contributed by atoms with van der Waals surface area (Å²) < 4.78 is 10.2. The van der Waals surface area contributed by atoms with Crippen LogP contribution in [0.2, 0.25) is 0 Å². The van der Waals surface area contributed by atoms with Gasteiger partial charge in [-0.15, -0.1) is 0 Å². The molecule has 0 saturated carbocycles. The lowest BCUT2D eigenvalue weighted by molar-refractivity contribution is -0.148. The Kier molecular flexibility index (Phi) is 4.55. The van der Waals surface area contributed by atoms with Crippen LogP contribution in [0.5, 0.6) is 5.88 Å². The molecule has 1 atom stereocenters. The molecule has 0 unspecified atom stereocenters. The van der Waals surface area contributed by atoms with Gasteiger partial charge in [0.2, 0.25) is 5.88 Å². The molecule has 19 heavy (non-hydrogen) atoms. The van der Waals surface area contributed by atoms with Crippen LogP contribution in [0.15, 0.2) is 24.3 Å². The molecule has 4 heteroatoms. The molecular weight excluding hydrogens is 242 g/mol. The van der Waals surface area contributed by atoms with E-state index in [-0.39, 0.29) is 11.9 Å². The number of hydrogen-bond donors (Lipinski definition) is 0. The maximum absolute atomic E-state index is 11.7. The third-order valence-electron chi connectivity index (χ3n) is 3.29. The normalized spacial score (nSPS) is 18.6. The molecule has 0 aromatic carbocycles. The van der Waals surface area contributed by atoms with Gasteiger partial charge in [0.25, 0.3) is 0 Å². The van der Waals surface area contributed by atoms with Crippen molar-refractivity contribution < 1.29 is 14.3 Å². The van der Waals surface area contributed by atoms with E-state index >= 15 is 0 Å². The molecule has 0 saturated heterocycles. The van der Waals surface area contributed by atoms with Gasteiger partial charge in [0.15, 0.2) is 0 Å². The highest BCUT2D eigenvalue weighted by Crippen LogP contribution is 2.30. The van der Waals surface area contributed by atoms with E-state index in [9.17, 15) is 4.79 Å². The number of allylic oxidation sites excluding steroid dienone is 2. The maximum atomic E-state index is 11.7. The standard InChI is InChI=1S/C15H19NO3/c1-3-19-15(17)12-9-7-11(8-10-12)13-5-4-6-14(16-13)18-2/h4-7,12H,3,8-10H2,1-2H3/t12-/m0/s1. The van der Waals surface area contributed by atoms with Crippen LogP contribution in [0.3, 0.4) is 0 Å². The number of methoxy groups -OCH3 is 1. The third kappa shape index (κ3) is 3.34. The summed E-state index contributed by atoms with van der Waals surface area (Å²) in [5.41, 5.74) is 2.11. The van der Waals surface area contributed by atoms with Gasteiger partial charge in [0, 0.05) is 6.07 Å². The molecule has 1 heterocycles. The lowest BCUT2D eigenvalue weighted by Crippen LogP contribution is -2.19. The summed E-state index contributed by atoms with van der Waals surface area (Å²) in [6.07, 6.45) is 4.49. The number of carbonyl (C=O) groups excluding carboxylic acids is 1. The summed E-state index contributed by atoms with van der Waals surface area (Å²) in [5.74, 6) is 0.525. The lowest BCUT2D eigenvalue weighted by Gasteiger charge is -2.20. The van der Waals surface area contributed by atoms with E-state index in [0.29, 0.717) is 12.5 Å². The van der Waals surface area contributed by atoms with Crippen molar-refractivity contribution >= 4 is 11.5 Å². The Hall–Kier alpha value is -1.84. The van der Waals surface area contributed by atoms with Crippen LogP contribution in [-0.2, 0) is 9.53 Å². The van der Waals surface area contributed by atoms with Gasteiger partial charge < -0.3 is 9.47 Å². The fraction of sp³-hybridized carbons (Fsp3) is 0.467. The highest BCUT2D eigenvalue weighted by atomic mass is 16.5. The van der Waals surface area contributed by atoms with Gasteiger partial charge in [-0.1, -0.05) is 12.1 Å². The summed E-state index contributed by atoms with van der Waals surface area (Å²) in [4.78, 5) is 16.1. The van der Waals surface area contributed by atoms with Crippen LogP contribution >= 0.6 is 0 Å². The highest BCUT2D eigenvalue weighted by molar-refractivity contribution is 5.75. The van der Waals surface area contributed by atoms with E-state index < -0.39 is 0 Å². The second kappa shape index (κ2) is 6.36. The first kappa shape index (κ1) is 13.6. The molecule has 0 spiro atoms. The molecule has 0 bridgehead atoms. The molecule has 102 valence electrons. The van der Waals surface area contributed by atoms with Gasteiger partial charge in [-0.25, -0.2) is 4.98 Å². The average molecular weight is 261 g/mol. The lowest BCUT2D eigenvalue weighted by atomic mass is 9.88. The van der Waals surface area contributed by atoms with Crippen molar-refractivity contribution in [1.29, 1.82) is 0 Å². The SMILES string of the molecule is CCOC(=O)[C@H]1CC=C(c2cccc(OC)n2)CC1. The maximum Gasteiger partial charge on any atom is 0.309 e. The van der Waals surface area contributed by atoms with Crippen molar-refractivity contribution in [1.82, 2.24) is 4.98 Å². The predicted octanol–water partition coefficient (Wildman–Crippen LogP) is 2.84. The van der Waals surface area contributed by atoms with Crippen molar-refractivity contribution in [2.45, 2.75) is 26.2 Å². The summed E-state index contributed by atoms with van der Waals surface area (Å²) in [6.45, 7) is 2.28. The van der Waals surface area contributed by atoms with Gasteiger partial charge in [-0.2, -0.15) is 0 Å². The Morgan fingerprint density at radius 2 is 2.32 bits per heavy atom. The van der Waals surface area contributed by atoms with E-state index in [1.165, 1.54) is 5.57 Å². The largest absolute Gasteiger partial charge is 0.481 e. The zero-order valence-electron chi connectivity index (χ0n) is 11.4. The Balaban J connectivity index is 2.05. The molecule has 0 amide bonds. The fourth-order valence-electron chi connectivity index (χ4n) is 2.25. The number of ether oxygens (including phenoxy) is 2. The van der Waals surface area contributed by atoms with E-state index in [2.05, 4.69) is 11.1 Å². The van der Waals surface area contributed by atoms with E-state index in [0.717, 1.165) is 25.0 Å². The third-order valence-corrected chi connectivity index (χ3v) is 3.29. The monoisotopic (exact) mass is 261 g/mol. The van der Waals surface area contributed by atoms with E-state index in [4.69, 9.17) is 9.47 Å². The second-order valence-electron chi connectivity index (χ2n) is 4.52. The molecule has 0 N–H and O–H groups in total. The van der Waals surface area contributed by atoms with Crippen molar-refractivity contribution in [3.63, 3.8) is 0 Å². The summed E-state index contributed by atoms with van der Waals surface area (Å²) >= 11 is 0. The van der Waals surface area contributed by atoms with Gasteiger partial charge in [-0.3, -0.25) is 4.79 Å². The molecular formula is C15H19NO3. The number of carbonyl (C=O) groups is 1. The molecule has 1 aromatic heterocycles. The van der Waals surface area contributed by atoms with Gasteiger partial charge in [-0.05, 0) is 37.8 Å². The molecule has 1 aromatic rings. The van der Waals surface area contributed by atoms with Gasteiger partial charge in [0.05, 0.1) is 25.3 Å². The van der Waals surface area contributed by atoms with Crippen LogP contribution in [0.4, 0.5) is 0 Å². The van der Waals surface area contributed by atoms with E-state index in [1.54, 1.807) is 7.11 Å². The molecule has 1 aliphatic carbocycles. The topological polar surface area (TPSA) is 48.4 Å². The smallest absolute Gasteiger partial charge is 0.309 e. The number of nitrogens with zero attached hydrogens (tertiary/aromatic N) is 1. The summed E-state index contributed by atoms with van der Waals surface area (Å²) in [5, 5.41) is 0. The van der Waals surface area contributed by atoms with E-state index in [1.807, 2.05) is 25.1 Å². The predicted molar refractivity (Wildman–Crippen MR) is 72.7 cm³/mol. The first-order valence-corrected chi connectivity index (χ1v) is 6.61. The zero-order valence-corrected chi connectivity index (χ0v) is 11.4. The summed E-state index contributed by atoms with van der Waals surface area (Å²) in [7, 11) is 1.61. The fourth-order valence-corrected chi connectivity index (χ4v) is 2.25. The van der Waals surface area contributed by atoms with Crippen LogP contribution in [0.1, 0.15) is 31.9 Å². The van der Waals surface area contributed by atoms with Crippen molar-refractivity contribution in [2.75, 3.05) is 13.7 Å². The Labute approximate surface area is 113 Å². The number of hydrogen-bond acceptors (Lipinski definition) is 4. The Morgan fingerprint density at radius 1 is 1.47 bits per heavy atom. The summed E-state index contributed by atoms with van der Waals surface area (Å²) in [6, 6.07) is 5.73. The van der Waals surface area contributed by atoms with Crippen molar-refractivity contribution in [2.24, 2.45) is 5.92 Å². The van der Waals surface area contributed by atoms with Gasteiger partial charge >= 0.3 is 5.97 Å². The van der Waals surface area contributed by atoms with Crippen LogP contribution < -0.4 is 4.74 Å². The molecule has 2 rings (SSSR count). The molecule has 1 aliphatic rings.